The van der Waals surface area contributed by atoms with Gasteiger partial charge in [-0.1, -0.05) is 42.0 Å². The van der Waals surface area contributed by atoms with Crippen molar-refractivity contribution in [3.8, 4) is 17.3 Å². The van der Waals surface area contributed by atoms with E-state index in [1.165, 1.54) is 6.07 Å². The van der Waals surface area contributed by atoms with Gasteiger partial charge in [-0.25, -0.2) is 9.78 Å². The predicted octanol–water partition coefficient (Wildman–Crippen LogP) is 4.45. The molecule has 0 spiro atoms. The minimum Gasteiger partial charge on any atom is -0.478 e. The standard InChI is InChI=1S/C26H24N4O3/c1-18-8-10-20(11-9-18)23-17-30-24(31)22(15-19-6-5-7-21(14-19)25(32)33)16-29(26(30)28-23)13-4-2-3-12-27/h5-11,14,16-17H,2-4,13,15H2,1H3,(H,32,33). The maximum Gasteiger partial charge on any atom is 0.335 e. The van der Waals surface area contributed by atoms with Crippen LogP contribution in [0.2, 0.25) is 0 Å². The summed E-state index contributed by atoms with van der Waals surface area (Å²) < 4.78 is 3.52. The van der Waals surface area contributed by atoms with E-state index in [1.807, 2.05) is 48.0 Å². The molecule has 0 aliphatic heterocycles. The van der Waals surface area contributed by atoms with Crippen LogP contribution in [0.3, 0.4) is 0 Å². The number of aryl methyl sites for hydroxylation is 2. The molecule has 166 valence electrons. The smallest absolute Gasteiger partial charge is 0.335 e. The lowest BCUT2D eigenvalue weighted by atomic mass is 10.0. The number of aromatic carboxylic acids is 1. The van der Waals surface area contributed by atoms with Gasteiger partial charge < -0.3 is 9.67 Å². The molecular weight excluding hydrogens is 416 g/mol. The number of benzene rings is 2. The second-order valence-electron chi connectivity index (χ2n) is 8.11. The van der Waals surface area contributed by atoms with Crippen molar-refractivity contribution < 1.29 is 9.90 Å². The van der Waals surface area contributed by atoms with E-state index >= 15 is 0 Å². The van der Waals surface area contributed by atoms with Crippen LogP contribution in [0.25, 0.3) is 17.0 Å². The first kappa shape index (κ1) is 22.0. The molecule has 0 bridgehead atoms. The van der Waals surface area contributed by atoms with Gasteiger partial charge in [0.25, 0.3) is 5.56 Å². The van der Waals surface area contributed by atoms with Crippen molar-refractivity contribution in [1.29, 1.82) is 5.26 Å². The Kier molecular flexibility index (Phi) is 6.36. The number of fused-ring (bicyclic) bond motifs is 1. The van der Waals surface area contributed by atoms with E-state index in [2.05, 4.69) is 6.07 Å². The molecule has 0 saturated carbocycles. The minimum absolute atomic E-state index is 0.176. The monoisotopic (exact) mass is 440 g/mol. The lowest BCUT2D eigenvalue weighted by molar-refractivity contribution is 0.0696. The van der Waals surface area contributed by atoms with E-state index < -0.39 is 5.97 Å². The van der Waals surface area contributed by atoms with Crippen molar-refractivity contribution in [2.24, 2.45) is 0 Å². The largest absolute Gasteiger partial charge is 0.478 e. The molecular formula is C26H24N4O3. The highest BCUT2D eigenvalue weighted by Crippen LogP contribution is 2.20. The summed E-state index contributed by atoms with van der Waals surface area (Å²) in [6, 6.07) is 16.8. The topological polar surface area (TPSA) is 100 Å². The second-order valence-corrected chi connectivity index (χ2v) is 8.11. The summed E-state index contributed by atoms with van der Waals surface area (Å²) in [5.74, 6) is -0.449. The van der Waals surface area contributed by atoms with Gasteiger partial charge in [0.15, 0.2) is 0 Å². The van der Waals surface area contributed by atoms with E-state index in [4.69, 9.17) is 10.2 Å². The number of aromatic nitrogens is 3. The Bertz CT molecular complexity index is 1410. The lowest BCUT2D eigenvalue weighted by Gasteiger charge is -2.11. The molecule has 0 aliphatic rings. The quantitative estimate of drug-likeness (QED) is 0.408. The van der Waals surface area contributed by atoms with Crippen LogP contribution in [0.4, 0.5) is 0 Å². The van der Waals surface area contributed by atoms with Crippen LogP contribution in [0.5, 0.6) is 0 Å². The van der Waals surface area contributed by atoms with Crippen LogP contribution < -0.4 is 5.56 Å². The SMILES string of the molecule is Cc1ccc(-c2cn3c(=O)c(Cc4cccc(C(=O)O)c4)cn(CCCCC#N)c3n2)cc1. The maximum absolute atomic E-state index is 13.3. The van der Waals surface area contributed by atoms with Gasteiger partial charge in [-0.15, -0.1) is 0 Å². The molecule has 7 nitrogen and oxygen atoms in total. The number of nitrogens with zero attached hydrogens (tertiary/aromatic N) is 4. The number of carboxylic acids is 1. The maximum atomic E-state index is 13.3. The van der Waals surface area contributed by atoms with Gasteiger partial charge in [0, 0.05) is 42.9 Å². The number of unbranched alkanes of at least 4 members (excludes halogenated alkanes) is 2. The highest BCUT2D eigenvalue weighted by atomic mass is 16.4. The van der Waals surface area contributed by atoms with Crippen LogP contribution in [-0.2, 0) is 13.0 Å². The average molecular weight is 441 g/mol. The molecule has 0 amide bonds. The summed E-state index contributed by atoms with van der Waals surface area (Å²) in [5, 5.41) is 18.1. The number of carboxylic acid groups (broad SMARTS) is 1. The summed E-state index contributed by atoms with van der Waals surface area (Å²) in [5.41, 5.74) is 4.10. The normalized spacial score (nSPS) is 10.9. The first-order valence-electron chi connectivity index (χ1n) is 10.8. The van der Waals surface area contributed by atoms with Crippen molar-refractivity contribution in [2.75, 3.05) is 0 Å². The predicted molar refractivity (Wildman–Crippen MR) is 125 cm³/mol. The number of carbonyl (C=O) groups is 1. The molecule has 0 fully saturated rings. The van der Waals surface area contributed by atoms with Crippen molar-refractivity contribution >= 4 is 11.7 Å². The van der Waals surface area contributed by atoms with Gasteiger partial charge >= 0.3 is 5.97 Å². The summed E-state index contributed by atoms with van der Waals surface area (Å²) in [4.78, 5) is 29.4. The lowest BCUT2D eigenvalue weighted by Crippen LogP contribution is -2.22. The Morgan fingerprint density at radius 2 is 1.91 bits per heavy atom. The highest BCUT2D eigenvalue weighted by Gasteiger charge is 2.14. The van der Waals surface area contributed by atoms with Gasteiger partial charge in [0.05, 0.1) is 17.3 Å². The molecule has 0 unspecified atom stereocenters. The Morgan fingerprint density at radius 3 is 2.64 bits per heavy atom. The minimum atomic E-state index is -1.00. The molecule has 0 radical (unpaired) electrons. The molecule has 2 aromatic heterocycles. The third-order valence-corrected chi connectivity index (χ3v) is 5.60. The molecule has 33 heavy (non-hydrogen) atoms. The number of rotatable bonds is 8. The summed E-state index contributed by atoms with van der Waals surface area (Å²) in [6.45, 7) is 2.64. The average Bonchev–Trinajstić information content (AvgIpc) is 3.26. The van der Waals surface area contributed by atoms with E-state index in [9.17, 15) is 14.7 Å². The number of nitriles is 1. The summed E-state index contributed by atoms with van der Waals surface area (Å²) in [7, 11) is 0. The molecule has 4 rings (SSSR count). The zero-order valence-electron chi connectivity index (χ0n) is 18.4. The van der Waals surface area contributed by atoms with Gasteiger partial charge in [-0.2, -0.15) is 5.26 Å². The molecule has 1 N–H and O–H groups in total. The van der Waals surface area contributed by atoms with Crippen LogP contribution >= 0.6 is 0 Å². The Labute approximate surface area is 191 Å². The Morgan fingerprint density at radius 1 is 1.12 bits per heavy atom. The molecule has 0 saturated heterocycles. The zero-order valence-corrected chi connectivity index (χ0v) is 18.4. The van der Waals surface area contributed by atoms with E-state index in [-0.39, 0.29) is 11.1 Å². The van der Waals surface area contributed by atoms with Crippen LogP contribution in [-0.4, -0.2) is 25.0 Å². The zero-order chi connectivity index (χ0) is 23.4. The van der Waals surface area contributed by atoms with Crippen LogP contribution in [0.15, 0.2) is 65.7 Å². The van der Waals surface area contributed by atoms with Gasteiger partial charge in [0.2, 0.25) is 5.78 Å². The third-order valence-electron chi connectivity index (χ3n) is 5.60. The van der Waals surface area contributed by atoms with Gasteiger partial charge in [0.1, 0.15) is 0 Å². The summed E-state index contributed by atoms with van der Waals surface area (Å²) >= 11 is 0. The van der Waals surface area contributed by atoms with E-state index in [1.54, 1.807) is 22.7 Å². The van der Waals surface area contributed by atoms with Crippen molar-refractivity contribution in [1.82, 2.24) is 14.0 Å². The van der Waals surface area contributed by atoms with Crippen LogP contribution in [0.1, 0.15) is 46.3 Å². The van der Waals surface area contributed by atoms with E-state index in [0.717, 1.165) is 29.5 Å². The number of imidazole rings is 1. The molecule has 0 aliphatic carbocycles. The Balaban J connectivity index is 1.78. The highest BCUT2D eigenvalue weighted by molar-refractivity contribution is 5.87. The third kappa shape index (κ3) is 4.85. The van der Waals surface area contributed by atoms with Crippen molar-refractivity contribution in [2.45, 2.75) is 39.2 Å². The fourth-order valence-electron chi connectivity index (χ4n) is 3.85. The molecule has 7 heteroatoms. The molecule has 2 aromatic carbocycles. The van der Waals surface area contributed by atoms with Gasteiger partial charge in [-0.3, -0.25) is 9.20 Å². The summed E-state index contributed by atoms with van der Waals surface area (Å²) in [6.07, 6.45) is 5.90. The molecule has 2 heterocycles. The van der Waals surface area contributed by atoms with Crippen molar-refractivity contribution in [3.63, 3.8) is 0 Å². The first-order valence-corrected chi connectivity index (χ1v) is 10.8. The fraction of sp³-hybridized carbons (Fsp3) is 0.231. The van der Waals surface area contributed by atoms with Crippen molar-refractivity contribution in [3.05, 3.63) is 93.5 Å². The fourth-order valence-corrected chi connectivity index (χ4v) is 3.85. The molecule has 0 atom stereocenters. The number of hydrogen-bond acceptors (Lipinski definition) is 4. The Hall–Kier alpha value is -4.18. The van der Waals surface area contributed by atoms with Crippen LogP contribution in [0, 0.1) is 18.3 Å². The molecule has 4 aromatic rings. The number of hydrogen-bond donors (Lipinski definition) is 1. The first-order chi connectivity index (χ1) is 16.0. The second kappa shape index (κ2) is 9.53. The van der Waals surface area contributed by atoms with Gasteiger partial charge in [-0.05, 0) is 37.5 Å². The van der Waals surface area contributed by atoms with E-state index in [0.29, 0.717) is 36.4 Å².